The van der Waals surface area contributed by atoms with E-state index in [0.717, 1.165) is 15.6 Å². The Morgan fingerprint density at radius 2 is 2.22 bits per heavy atom. The second-order valence-electron chi connectivity index (χ2n) is 3.80. The molecule has 0 bridgehead atoms. The van der Waals surface area contributed by atoms with Crippen molar-refractivity contribution in [3.05, 3.63) is 38.9 Å². The van der Waals surface area contributed by atoms with Gasteiger partial charge in [0, 0.05) is 23.6 Å². The Balaban J connectivity index is 2.33. The molecule has 2 N–H and O–H groups in total. The molecule has 1 aromatic carbocycles. The van der Waals surface area contributed by atoms with Gasteiger partial charge >= 0.3 is 0 Å². The zero-order chi connectivity index (χ0) is 13.1. The normalized spacial score (nSPS) is 10.6. The number of nitro groups is 1. The lowest BCUT2D eigenvalue weighted by Crippen LogP contribution is -2.01. The van der Waals surface area contributed by atoms with Gasteiger partial charge in [0.1, 0.15) is 10.0 Å². The van der Waals surface area contributed by atoms with Crippen LogP contribution in [0.4, 0.5) is 5.69 Å². The van der Waals surface area contributed by atoms with Gasteiger partial charge in [0.05, 0.1) is 4.92 Å². The van der Waals surface area contributed by atoms with Gasteiger partial charge in [-0.1, -0.05) is 11.3 Å². The maximum Gasteiger partial charge on any atom is 0.272 e. The van der Waals surface area contributed by atoms with Gasteiger partial charge in [-0.25, -0.2) is 0 Å². The number of hydrogen-bond acceptors (Lipinski definition) is 6. The highest BCUT2D eigenvalue weighted by Crippen LogP contribution is 2.28. The third-order valence-corrected chi connectivity index (χ3v) is 3.50. The van der Waals surface area contributed by atoms with Crippen molar-refractivity contribution < 1.29 is 4.92 Å². The van der Waals surface area contributed by atoms with Crippen LogP contribution in [-0.4, -0.2) is 21.7 Å². The summed E-state index contributed by atoms with van der Waals surface area (Å²) < 4.78 is 0. The highest BCUT2D eigenvalue weighted by molar-refractivity contribution is 7.14. The van der Waals surface area contributed by atoms with E-state index in [2.05, 4.69) is 10.2 Å². The maximum absolute atomic E-state index is 10.7. The lowest BCUT2D eigenvalue weighted by atomic mass is 10.1. The second kappa shape index (κ2) is 5.19. The Kier molecular flexibility index (Phi) is 3.63. The number of benzene rings is 1. The van der Waals surface area contributed by atoms with E-state index in [0.29, 0.717) is 18.5 Å². The van der Waals surface area contributed by atoms with E-state index < -0.39 is 0 Å². The van der Waals surface area contributed by atoms with Gasteiger partial charge in [0.15, 0.2) is 0 Å². The summed E-state index contributed by atoms with van der Waals surface area (Å²) in [6, 6.07) is 4.94. The summed E-state index contributed by atoms with van der Waals surface area (Å²) in [4.78, 5) is 10.3. The summed E-state index contributed by atoms with van der Waals surface area (Å²) in [6.45, 7) is 2.25. The van der Waals surface area contributed by atoms with Crippen LogP contribution in [0.25, 0.3) is 10.6 Å². The molecule has 0 spiro atoms. The number of nitro benzene ring substituents is 1. The van der Waals surface area contributed by atoms with Crippen molar-refractivity contribution in [1.82, 2.24) is 10.2 Å². The summed E-state index contributed by atoms with van der Waals surface area (Å²) in [7, 11) is 0. The van der Waals surface area contributed by atoms with Crippen molar-refractivity contribution >= 4 is 17.0 Å². The minimum Gasteiger partial charge on any atom is -0.330 e. The number of aryl methyl sites for hydroxylation is 1. The summed E-state index contributed by atoms with van der Waals surface area (Å²) in [5.41, 5.74) is 7.03. The first kappa shape index (κ1) is 12.6. The van der Waals surface area contributed by atoms with Crippen LogP contribution in [0.15, 0.2) is 18.2 Å². The van der Waals surface area contributed by atoms with Gasteiger partial charge in [-0.3, -0.25) is 10.1 Å². The fraction of sp³-hybridized carbons (Fsp3) is 0.273. The second-order valence-corrected chi connectivity index (χ2v) is 4.86. The molecule has 18 heavy (non-hydrogen) atoms. The molecule has 0 saturated heterocycles. The molecule has 2 rings (SSSR count). The lowest BCUT2D eigenvalue weighted by molar-refractivity contribution is -0.385. The molecule has 1 aromatic heterocycles. The molecular formula is C11H12N4O2S. The van der Waals surface area contributed by atoms with Crippen molar-refractivity contribution in [3.8, 4) is 10.6 Å². The number of aromatic nitrogens is 2. The molecule has 1 heterocycles. The zero-order valence-electron chi connectivity index (χ0n) is 9.79. The van der Waals surface area contributed by atoms with Crippen molar-refractivity contribution in [2.75, 3.05) is 6.54 Å². The van der Waals surface area contributed by atoms with E-state index in [1.165, 1.54) is 17.4 Å². The van der Waals surface area contributed by atoms with Gasteiger partial charge in [-0.15, -0.1) is 10.2 Å². The molecule has 94 valence electrons. The Bertz CT molecular complexity index is 582. The van der Waals surface area contributed by atoms with Crippen LogP contribution in [0, 0.1) is 17.0 Å². The summed E-state index contributed by atoms with van der Waals surface area (Å²) >= 11 is 1.46. The first-order valence-corrected chi connectivity index (χ1v) is 6.21. The monoisotopic (exact) mass is 264 g/mol. The number of nitrogens with two attached hydrogens (primary N) is 1. The predicted molar refractivity (Wildman–Crippen MR) is 69.5 cm³/mol. The fourth-order valence-corrected chi connectivity index (χ4v) is 2.44. The first-order chi connectivity index (χ1) is 8.61. The average Bonchev–Trinajstić information content (AvgIpc) is 2.77. The van der Waals surface area contributed by atoms with Crippen LogP contribution < -0.4 is 5.73 Å². The van der Waals surface area contributed by atoms with E-state index in [4.69, 9.17) is 5.73 Å². The van der Waals surface area contributed by atoms with Crippen molar-refractivity contribution in [1.29, 1.82) is 0 Å². The third kappa shape index (κ3) is 2.52. The van der Waals surface area contributed by atoms with Crippen molar-refractivity contribution in [2.24, 2.45) is 5.73 Å². The maximum atomic E-state index is 10.7. The molecule has 0 aliphatic carbocycles. The number of hydrogen-bond donors (Lipinski definition) is 1. The lowest BCUT2D eigenvalue weighted by Gasteiger charge is -1.99. The van der Waals surface area contributed by atoms with Crippen LogP contribution >= 0.6 is 11.3 Å². The minimum atomic E-state index is -0.390. The molecule has 0 atom stereocenters. The van der Waals surface area contributed by atoms with Crippen LogP contribution in [0.1, 0.15) is 10.6 Å². The Labute approximate surface area is 108 Å². The van der Waals surface area contributed by atoms with E-state index >= 15 is 0 Å². The van der Waals surface area contributed by atoms with E-state index in [1.54, 1.807) is 19.1 Å². The van der Waals surface area contributed by atoms with Gasteiger partial charge < -0.3 is 5.73 Å². The van der Waals surface area contributed by atoms with Crippen LogP contribution in [0.2, 0.25) is 0 Å². The Hall–Kier alpha value is -1.86. The zero-order valence-corrected chi connectivity index (χ0v) is 10.6. The molecule has 0 radical (unpaired) electrons. The highest BCUT2D eigenvalue weighted by atomic mass is 32.1. The summed E-state index contributed by atoms with van der Waals surface area (Å²) in [6.07, 6.45) is 0.698. The molecule has 0 aliphatic heterocycles. The largest absolute Gasteiger partial charge is 0.330 e. The predicted octanol–water partition coefficient (Wildman–Crippen LogP) is 1.92. The number of nitrogens with zero attached hydrogens (tertiary/aromatic N) is 3. The molecule has 7 heteroatoms. The quantitative estimate of drug-likeness (QED) is 0.672. The van der Waals surface area contributed by atoms with Gasteiger partial charge in [-0.05, 0) is 25.6 Å². The molecule has 0 aliphatic rings. The third-order valence-electron chi connectivity index (χ3n) is 2.47. The fourth-order valence-electron chi connectivity index (χ4n) is 1.59. The van der Waals surface area contributed by atoms with Crippen LogP contribution in [0.5, 0.6) is 0 Å². The van der Waals surface area contributed by atoms with Crippen molar-refractivity contribution in [3.63, 3.8) is 0 Å². The van der Waals surface area contributed by atoms with Crippen molar-refractivity contribution in [2.45, 2.75) is 13.3 Å². The van der Waals surface area contributed by atoms with Crippen LogP contribution in [0.3, 0.4) is 0 Å². The van der Waals surface area contributed by atoms with Gasteiger partial charge in [0.2, 0.25) is 0 Å². The average molecular weight is 264 g/mol. The summed E-state index contributed by atoms with van der Waals surface area (Å²) in [5, 5.41) is 20.5. The first-order valence-electron chi connectivity index (χ1n) is 5.39. The van der Waals surface area contributed by atoms with Gasteiger partial charge in [0.25, 0.3) is 5.69 Å². The smallest absolute Gasteiger partial charge is 0.272 e. The Morgan fingerprint density at radius 3 is 2.83 bits per heavy atom. The number of rotatable bonds is 4. The Morgan fingerprint density at radius 1 is 1.44 bits per heavy atom. The molecule has 0 fully saturated rings. The van der Waals surface area contributed by atoms with E-state index in [1.807, 2.05) is 0 Å². The van der Waals surface area contributed by atoms with Gasteiger partial charge in [-0.2, -0.15) is 0 Å². The molecule has 0 unspecified atom stereocenters. The molecule has 0 amide bonds. The molecule has 6 nitrogen and oxygen atoms in total. The topological polar surface area (TPSA) is 94.9 Å². The molecule has 0 saturated carbocycles. The van der Waals surface area contributed by atoms with Crippen LogP contribution in [-0.2, 0) is 6.42 Å². The summed E-state index contributed by atoms with van der Waals surface area (Å²) in [5.74, 6) is 0. The standard InChI is InChI=1S/C11H12N4O2S/c1-7-6-8(2-3-9(7)15(16)17)11-14-13-10(18-11)4-5-12/h2-3,6H,4-5,12H2,1H3. The SMILES string of the molecule is Cc1cc(-c2nnc(CCN)s2)ccc1[N+](=O)[O-]. The molecular weight excluding hydrogens is 252 g/mol. The highest BCUT2D eigenvalue weighted by Gasteiger charge is 2.13. The molecule has 2 aromatic rings. The minimum absolute atomic E-state index is 0.116. The van der Waals surface area contributed by atoms with E-state index in [9.17, 15) is 10.1 Å². The van der Waals surface area contributed by atoms with E-state index in [-0.39, 0.29) is 10.6 Å².